The molecule has 210 valence electrons. The minimum atomic E-state index is -0.510. The van der Waals surface area contributed by atoms with Gasteiger partial charge in [0.2, 0.25) is 0 Å². The minimum absolute atomic E-state index is 0.0654. The minimum Gasteiger partial charge on any atom is -0.490 e. The number of anilines is 1. The van der Waals surface area contributed by atoms with E-state index in [1.165, 1.54) is 35.7 Å². The van der Waals surface area contributed by atoms with Crippen molar-refractivity contribution in [2.45, 2.75) is 71.8 Å². The third-order valence-electron chi connectivity index (χ3n) is 8.11. The summed E-state index contributed by atoms with van der Waals surface area (Å²) in [5.41, 5.74) is 2.91. The van der Waals surface area contributed by atoms with Crippen LogP contribution in [0.5, 0.6) is 17.4 Å². The number of halogens is 1. The van der Waals surface area contributed by atoms with Crippen LogP contribution >= 0.6 is 0 Å². The summed E-state index contributed by atoms with van der Waals surface area (Å²) < 4.78 is 26.8. The van der Waals surface area contributed by atoms with E-state index >= 15 is 0 Å². The first-order chi connectivity index (χ1) is 19.2. The van der Waals surface area contributed by atoms with Crippen molar-refractivity contribution in [3.05, 3.63) is 65.2 Å². The number of nitrogens with zero attached hydrogens (tertiary/aromatic N) is 5. The summed E-state index contributed by atoms with van der Waals surface area (Å²) in [5, 5.41) is 11.5. The van der Waals surface area contributed by atoms with E-state index in [2.05, 4.69) is 43.6 Å². The summed E-state index contributed by atoms with van der Waals surface area (Å²) in [5.74, 6) is 1.15. The molecule has 3 heterocycles. The number of hydrogen-bond donors (Lipinski definition) is 1. The quantitative estimate of drug-likeness (QED) is 0.434. The summed E-state index contributed by atoms with van der Waals surface area (Å²) in [6, 6.07) is 10.1. The number of ether oxygens (including phenoxy) is 2. The molecule has 0 unspecified atom stereocenters. The molecule has 3 aromatic rings. The first kappa shape index (κ1) is 26.4. The van der Waals surface area contributed by atoms with Gasteiger partial charge in [-0.2, -0.15) is 0 Å². The third kappa shape index (κ3) is 4.85. The van der Waals surface area contributed by atoms with Gasteiger partial charge in [0.15, 0.2) is 5.82 Å². The van der Waals surface area contributed by atoms with Crippen molar-refractivity contribution < 1.29 is 18.7 Å². The van der Waals surface area contributed by atoms with E-state index in [0.717, 1.165) is 44.8 Å². The first-order valence-corrected chi connectivity index (χ1v) is 13.9. The van der Waals surface area contributed by atoms with Crippen LogP contribution in [0.1, 0.15) is 62.0 Å². The van der Waals surface area contributed by atoms with E-state index < -0.39 is 5.82 Å². The monoisotopic (exact) mass is 546 g/mol. The Kier molecular flexibility index (Phi) is 6.82. The van der Waals surface area contributed by atoms with Crippen molar-refractivity contribution in [3.8, 4) is 17.4 Å². The fourth-order valence-electron chi connectivity index (χ4n) is 6.36. The fourth-order valence-corrected chi connectivity index (χ4v) is 6.36. The van der Waals surface area contributed by atoms with Gasteiger partial charge in [-0.1, -0.05) is 12.1 Å². The van der Waals surface area contributed by atoms with Crippen molar-refractivity contribution in [2.24, 2.45) is 5.41 Å². The molecule has 0 atom stereocenters. The highest BCUT2D eigenvalue weighted by molar-refractivity contribution is 5.97. The van der Waals surface area contributed by atoms with Gasteiger partial charge in [-0.3, -0.25) is 4.79 Å². The van der Waals surface area contributed by atoms with Crippen LogP contribution in [-0.2, 0) is 13.1 Å². The molecular weight excluding hydrogens is 511 g/mol. The molecule has 1 spiro atoms. The molecule has 1 aliphatic carbocycles. The smallest absolute Gasteiger partial charge is 0.282 e. The number of fused-ring (bicyclic) bond motifs is 1. The molecule has 0 radical (unpaired) electrons. The van der Waals surface area contributed by atoms with Crippen molar-refractivity contribution in [1.82, 2.24) is 25.4 Å². The van der Waals surface area contributed by atoms with Crippen molar-refractivity contribution in [2.75, 3.05) is 18.0 Å². The third-order valence-corrected chi connectivity index (χ3v) is 8.11. The number of rotatable bonds is 8. The summed E-state index contributed by atoms with van der Waals surface area (Å²) in [6.45, 7) is 11.1. The summed E-state index contributed by atoms with van der Waals surface area (Å²) in [4.78, 5) is 21.7. The van der Waals surface area contributed by atoms with Crippen LogP contribution in [0.15, 0.2) is 42.7 Å². The Balaban J connectivity index is 1.14. The van der Waals surface area contributed by atoms with Crippen LogP contribution in [0.4, 0.5) is 10.2 Å². The van der Waals surface area contributed by atoms with Gasteiger partial charge in [0.05, 0.1) is 5.56 Å². The average molecular weight is 547 g/mol. The highest BCUT2D eigenvalue weighted by atomic mass is 19.1. The van der Waals surface area contributed by atoms with Crippen LogP contribution in [-0.4, -0.2) is 57.3 Å². The second kappa shape index (κ2) is 10.3. The Bertz CT molecular complexity index is 1410. The Morgan fingerprint density at radius 2 is 1.88 bits per heavy atom. The average Bonchev–Trinajstić information content (AvgIpc) is 3.36. The maximum atomic E-state index is 14.3. The van der Waals surface area contributed by atoms with E-state index in [4.69, 9.17) is 9.47 Å². The Labute approximate surface area is 233 Å². The molecule has 1 aromatic heterocycles. The second-order valence-corrected chi connectivity index (χ2v) is 11.7. The number of amides is 1. The van der Waals surface area contributed by atoms with Crippen LogP contribution in [0, 0.1) is 11.2 Å². The molecule has 1 N–H and O–H groups in total. The predicted molar refractivity (Wildman–Crippen MR) is 148 cm³/mol. The van der Waals surface area contributed by atoms with Gasteiger partial charge in [-0.05, 0) is 70.4 Å². The Hall–Kier alpha value is -3.79. The molecule has 1 amide bonds. The van der Waals surface area contributed by atoms with Gasteiger partial charge < -0.3 is 24.6 Å². The molecule has 0 bridgehead atoms. The van der Waals surface area contributed by atoms with Crippen molar-refractivity contribution in [1.29, 1.82) is 0 Å². The number of aromatic nitrogens is 3. The zero-order valence-corrected chi connectivity index (χ0v) is 23.4. The maximum Gasteiger partial charge on any atom is 0.282 e. The highest BCUT2D eigenvalue weighted by Crippen LogP contribution is 2.52. The summed E-state index contributed by atoms with van der Waals surface area (Å²) in [6.07, 6.45) is 3.55. The van der Waals surface area contributed by atoms with E-state index in [9.17, 15) is 9.18 Å². The van der Waals surface area contributed by atoms with Gasteiger partial charge >= 0.3 is 0 Å². The fraction of sp³-hybridized carbons (Fsp3) is 0.467. The lowest BCUT2D eigenvalue weighted by Gasteiger charge is -2.58. The highest BCUT2D eigenvalue weighted by Gasteiger charge is 2.54. The Morgan fingerprint density at radius 1 is 1.10 bits per heavy atom. The second-order valence-electron chi connectivity index (χ2n) is 11.7. The molecule has 2 aliphatic heterocycles. The molecule has 1 saturated heterocycles. The molecule has 2 aromatic carbocycles. The van der Waals surface area contributed by atoms with E-state index in [0.29, 0.717) is 5.82 Å². The van der Waals surface area contributed by atoms with Gasteiger partial charge in [-0.25, -0.2) is 9.37 Å². The van der Waals surface area contributed by atoms with Crippen LogP contribution < -0.4 is 19.7 Å². The lowest BCUT2D eigenvalue weighted by atomic mass is 9.61. The molecule has 6 rings (SSSR count). The van der Waals surface area contributed by atoms with Crippen LogP contribution in [0.25, 0.3) is 0 Å². The first-order valence-electron chi connectivity index (χ1n) is 13.9. The molecule has 3 aliphatic rings. The number of hydrogen-bond acceptors (Lipinski definition) is 8. The largest absolute Gasteiger partial charge is 0.490 e. The molecule has 10 heteroatoms. The number of nitrogens with one attached hydrogen (secondary N) is 1. The van der Waals surface area contributed by atoms with Gasteiger partial charge in [0, 0.05) is 49.2 Å². The predicted octanol–water partition coefficient (Wildman–Crippen LogP) is 4.71. The number of carbonyl (C=O) groups excluding carboxylic acids is 1. The van der Waals surface area contributed by atoms with Gasteiger partial charge in [-0.15, -0.1) is 10.2 Å². The van der Waals surface area contributed by atoms with E-state index in [1.807, 2.05) is 27.7 Å². The van der Waals surface area contributed by atoms with E-state index in [1.54, 1.807) is 4.90 Å². The van der Waals surface area contributed by atoms with Gasteiger partial charge in [0.25, 0.3) is 11.8 Å². The lowest BCUT2D eigenvalue weighted by molar-refractivity contribution is -0.0348. The molecular formula is C30H35FN6O3. The maximum absolute atomic E-state index is 14.3. The van der Waals surface area contributed by atoms with Crippen molar-refractivity contribution in [3.63, 3.8) is 0 Å². The standard InChI is InChI=1S/C30H35FN6O3/c1-18(2)37(19(3)4)29(38)23-10-21(31)8-9-26(23)40-28-27(33-17-34-35-28)36-15-30(16-36)11-22(12-30)39-25-7-5-6-20-13-32-14-24(20)25/h5-10,17-19,22,32H,11-16H2,1-4H3. The molecule has 2 fully saturated rings. The summed E-state index contributed by atoms with van der Waals surface area (Å²) in [7, 11) is 0. The van der Waals surface area contributed by atoms with E-state index in [-0.39, 0.29) is 46.7 Å². The normalized spacial score (nSPS) is 17.5. The zero-order valence-electron chi connectivity index (χ0n) is 23.4. The van der Waals surface area contributed by atoms with Crippen LogP contribution in [0.3, 0.4) is 0 Å². The van der Waals surface area contributed by atoms with Crippen LogP contribution in [0.2, 0.25) is 0 Å². The van der Waals surface area contributed by atoms with Crippen molar-refractivity contribution >= 4 is 11.7 Å². The number of benzene rings is 2. The molecule has 40 heavy (non-hydrogen) atoms. The van der Waals surface area contributed by atoms with Gasteiger partial charge in [0.1, 0.15) is 29.7 Å². The molecule has 1 saturated carbocycles. The SMILES string of the molecule is CC(C)N(C(=O)c1cc(F)ccc1Oc1nncnc1N1CC2(CC(Oc3cccc4c3CNC4)C2)C1)C(C)C. The lowest BCUT2D eigenvalue weighted by Crippen LogP contribution is -2.65. The topological polar surface area (TPSA) is 92.7 Å². The number of carbonyl (C=O) groups is 1. The molecule has 9 nitrogen and oxygen atoms in total. The Morgan fingerprint density at radius 3 is 2.62 bits per heavy atom. The zero-order chi connectivity index (χ0) is 28.0. The summed E-state index contributed by atoms with van der Waals surface area (Å²) >= 11 is 0.